The van der Waals surface area contributed by atoms with Gasteiger partial charge in [0, 0.05) is 20.8 Å². The second-order valence-electron chi connectivity index (χ2n) is 1.29. The van der Waals surface area contributed by atoms with Crippen LogP contribution < -0.4 is 68.9 Å². The van der Waals surface area contributed by atoms with Gasteiger partial charge in [-0.05, 0) is 0 Å². The van der Waals surface area contributed by atoms with Gasteiger partial charge in [0.2, 0.25) is 0 Å². The van der Waals surface area contributed by atoms with Gasteiger partial charge in [0.1, 0.15) is 0 Å². The third-order valence-corrected chi connectivity index (χ3v) is 0. The largest absolute Gasteiger partial charge is 2.00 e. The van der Waals surface area contributed by atoms with E-state index < -0.39 is 28.6 Å². The van der Waals surface area contributed by atoms with E-state index in [0.717, 1.165) is 0 Å². The van der Waals surface area contributed by atoms with Crippen molar-refractivity contribution >= 4 is 104 Å². The Morgan fingerprint density at radius 3 is 0.737 bits per heavy atom. The molecule has 19 heavy (non-hydrogen) atoms. The SMILES string of the molecule is O=P([O-])([O-])O.O=S(=O)([O-])[O-].O=S(=O)([O-])[O-].[Ca+2].[Ca+2].[Na+].[Na+]. The van der Waals surface area contributed by atoms with Crippen LogP contribution in [0.25, 0.3) is 0 Å². The van der Waals surface area contributed by atoms with E-state index in [1.807, 2.05) is 0 Å². The number of hydrogen-bond donors (Lipinski definition) is 1. The molecule has 0 atom stereocenters. The van der Waals surface area contributed by atoms with E-state index in [4.69, 9.17) is 54.3 Å². The van der Waals surface area contributed by atoms with E-state index in [9.17, 15) is 0 Å². The molecule has 0 aromatic rings. The van der Waals surface area contributed by atoms with Gasteiger partial charge in [-0.2, -0.15) is 0 Å². The molecule has 0 radical (unpaired) electrons. The normalized spacial score (nSPS) is 9.21. The summed E-state index contributed by atoms with van der Waals surface area (Å²) < 4.78 is 76.8. The fourth-order valence-electron chi connectivity index (χ4n) is 0. The van der Waals surface area contributed by atoms with Gasteiger partial charge in [0.25, 0.3) is 0 Å². The van der Waals surface area contributed by atoms with Crippen molar-refractivity contribution < 1.29 is 113 Å². The van der Waals surface area contributed by atoms with Crippen LogP contribution >= 0.6 is 7.82 Å². The number of hydrogen-bond acceptors (Lipinski definition) is 11. The van der Waals surface area contributed by atoms with Crippen LogP contribution in [0.4, 0.5) is 0 Å². The Balaban J connectivity index is -0.0000000206. The summed E-state index contributed by atoms with van der Waals surface area (Å²) >= 11 is 0. The number of phosphoric acid groups is 1. The summed E-state index contributed by atoms with van der Waals surface area (Å²) in [6, 6.07) is 0. The van der Waals surface area contributed by atoms with Crippen LogP contribution in [-0.2, 0) is 25.4 Å². The average molecular weight is 414 g/mol. The maximum Gasteiger partial charge on any atom is 2.00 e. The molecule has 0 saturated carbocycles. The molecule has 0 bridgehead atoms. The Morgan fingerprint density at radius 1 is 0.737 bits per heavy atom. The van der Waals surface area contributed by atoms with Crippen molar-refractivity contribution in [3.63, 3.8) is 0 Å². The van der Waals surface area contributed by atoms with Gasteiger partial charge >= 0.3 is 135 Å². The molecule has 19 heteroatoms. The minimum atomic E-state index is -5.17. The molecule has 0 aliphatic rings. The zero-order valence-corrected chi connectivity index (χ0v) is 20.6. The Bertz CT molecular complexity index is 339. The van der Waals surface area contributed by atoms with Crippen molar-refractivity contribution in [2.45, 2.75) is 0 Å². The van der Waals surface area contributed by atoms with Crippen molar-refractivity contribution in [1.29, 1.82) is 0 Å². The summed E-state index contributed by atoms with van der Waals surface area (Å²) in [7, 11) is -15.5. The summed E-state index contributed by atoms with van der Waals surface area (Å²) in [6.45, 7) is 0. The Labute approximate surface area is 213 Å². The first-order chi connectivity index (χ1) is 6.00. The first-order valence-corrected chi connectivity index (χ1v) is 6.24. The Morgan fingerprint density at radius 2 is 0.737 bits per heavy atom. The van der Waals surface area contributed by atoms with Crippen LogP contribution in [0.5, 0.6) is 0 Å². The predicted molar refractivity (Wildman–Crippen MR) is 42.3 cm³/mol. The molecule has 96 valence electrons. The van der Waals surface area contributed by atoms with E-state index in [2.05, 4.69) is 0 Å². The van der Waals surface area contributed by atoms with Gasteiger partial charge in [-0.25, -0.2) is 0 Å². The second kappa shape index (κ2) is 20.4. The van der Waals surface area contributed by atoms with Gasteiger partial charge in [-0.1, -0.05) is 0 Å². The van der Waals surface area contributed by atoms with Crippen molar-refractivity contribution in [1.82, 2.24) is 0 Å². The molecule has 0 rings (SSSR count). The van der Waals surface area contributed by atoms with Crippen molar-refractivity contribution in [3.05, 3.63) is 0 Å². The second-order valence-corrected chi connectivity index (χ2v) is 3.86. The molecule has 0 spiro atoms. The Hall–Kier alpha value is 4.37. The van der Waals surface area contributed by atoms with Gasteiger partial charge in [0.05, 0.1) is 7.82 Å². The molecular weight excluding hydrogens is 413 g/mol. The van der Waals surface area contributed by atoms with Crippen LogP contribution in [0.3, 0.4) is 0 Å². The minimum Gasteiger partial charge on any atom is -0.790 e. The summed E-state index contributed by atoms with van der Waals surface area (Å²) in [5, 5.41) is 0. The van der Waals surface area contributed by atoms with E-state index in [1.165, 1.54) is 0 Å². The molecule has 0 fully saturated rings. The number of rotatable bonds is 0. The van der Waals surface area contributed by atoms with Crippen LogP contribution in [0, 0.1) is 0 Å². The van der Waals surface area contributed by atoms with Crippen LogP contribution in [-0.4, -0.2) is 115 Å². The zero-order chi connectivity index (χ0) is 13.5. The van der Waals surface area contributed by atoms with E-state index in [1.54, 1.807) is 0 Å². The topological polar surface area (TPSA) is 244 Å². The van der Waals surface area contributed by atoms with Gasteiger partial charge in [-0.15, -0.1) is 0 Å². The molecule has 1 N–H and O–H groups in total. The molecule has 0 aromatic carbocycles. The molecule has 0 unspecified atom stereocenters. The van der Waals surface area contributed by atoms with Crippen molar-refractivity contribution in [2.75, 3.05) is 0 Å². The maximum absolute atomic E-state index is 8.66. The zero-order valence-electron chi connectivity index (χ0n) is 9.62. The molecule has 0 amide bonds. The summed E-state index contributed by atoms with van der Waals surface area (Å²) in [4.78, 5) is 24.3. The summed E-state index contributed by atoms with van der Waals surface area (Å²) in [5.41, 5.74) is 0. The molecule has 0 aliphatic heterocycles. The van der Waals surface area contributed by atoms with E-state index in [-0.39, 0.29) is 135 Å². The van der Waals surface area contributed by atoms with Crippen LogP contribution in [0.15, 0.2) is 0 Å². The van der Waals surface area contributed by atoms with Crippen LogP contribution in [0.2, 0.25) is 0 Å². The van der Waals surface area contributed by atoms with Gasteiger partial charge in [-0.3, -0.25) is 16.8 Å². The monoisotopic (exact) mass is 414 g/mol. The average Bonchev–Trinajstić information content (AvgIpc) is 1.41. The first-order valence-electron chi connectivity index (χ1n) is 2.08. The fourth-order valence-corrected chi connectivity index (χ4v) is 0. The van der Waals surface area contributed by atoms with E-state index in [0.29, 0.717) is 0 Å². The Kier molecular flexibility index (Phi) is 46.9. The molecule has 0 heterocycles. The smallest absolute Gasteiger partial charge is 0.790 e. The van der Waals surface area contributed by atoms with Gasteiger partial charge in [0.15, 0.2) is 0 Å². The first kappa shape index (κ1) is 43.6. The van der Waals surface area contributed by atoms with Gasteiger partial charge < -0.3 is 37.5 Å². The molecule has 0 aromatic heterocycles. The third kappa shape index (κ3) is 486. The molecule has 0 aliphatic carbocycles. The molecular formula is HCa2Na2O12PS2. The third-order valence-electron chi connectivity index (χ3n) is 0. The minimum absolute atomic E-state index is 0. The summed E-state index contributed by atoms with van der Waals surface area (Å²) in [5.74, 6) is 0. The quantitative estimate of drug-likeness (QED) is 0.168. The maximum atomic E-state index is 8.66. The van der Waals surface area contributed by atoms with Crippen LogP contribution in [0.1, 0.15) is 0 Å². The molecule has 12 nitrogen and oxygen atoms in total. The summed E-state index contributed by atoms with van der Waals surface area (Å²) in [6.07, 6.45) is 0. The standard InChI is InChI=1S/2Ca.2Na.H3O4P.2H2O4S/c;;;;3*1-5(2,3)4/h;;;;(H3,1,2,3,4);2*(H2,1,2,3,4)/q2*+2;2*+1;;;/p-6. The van der Waals surface area contributed by atoms with Crippen molar-refractivity contribution in [3.8, 4) is 0 Å². The van der Waals surface area contributed by atoms with Crippen molar-refractivity contribution in [2.24, 2.45) is 0 Å². The molecule has 0 saturated heterocycles. The fraction of sp³-hybridized carbons (Fsp3) is 0. The van der Waals surface area contributed by atoms with E-state index >= 15 is 0 Å². The predicted octanol–water partition coefficient (Wildman–Crippen LogP) is -11.6.